The van der Waals surface area contributed by atoms with Crippen molar-refractivity contribution < 1.29 is 9.59 Å². The number of imidazole rings is 1. The third-order valence-corrected chi connectivity index (χ3v) is 4.69. The van der Waals surface area contributed by atoms with Gasteiger partial charge in [0.25, 0.3) is 0 Å². The lowest BCUT2D eigenvalue weighted by Crippen LogP contribution is -2.34. The Kier molecular flexibility index (Phi) is 2.19. The van der Waals surface area contributed by atoms with Crippen molar-refractivity contribution >= 4 is 11.8 Å². The number of carbonyl (C=O) groups is 2. The summed E-state index contributed by atoms with van der Waals surface area (Å²) in [6.07, 6.45) is 9.26. The van der Waals surface area contributed by atoms with Crippen LogP contribution in [0.5, 0.6) is 0 Å². The van der Waals surface area contributed by atoms with Crippen molar-refractivity contribution in [2.24, 2.45) is 23.7 Å². The van der Waals surface area contributed by atoms with Crippen LogP contribution in [0.2, 0.25) is 0 Å². The van der Waals surface area contributed by atoms with Crippen LogP contribution < -0.4 is 0 Å². The standard InChI is InChI=1S/C14H15N3O2/c18-13-11-8-1-2-9(7-8)12(11)14(19)17(13)6-3-10-15-4-5-16-10/h1-2,4-5,8-9,11-12H,3,6-7H2,(H,15,16). The third-order valence-electron chi connectivity index (χ3n) is 4.69. The minimum atomic E-state index is -0.0842. The lowest BCUT2D eigenvalue weighted by atomic mass is 9.85. The molecule has 1 aliphatic heterocycles. The van der Waals surface area contributed by atoms with Gasteiger partial charge in [-0.1, -0.05) is 12.2 Å². The van der Waals surface area contributed by atoms with E-state index in [-0.39, 0.29) is 23.7 Å². The molecule has 5 heteroatoms. The van der Waals surface area contributed by atoms with E-state index in [1.165, 1.54) is 4.90 Å². The molecule has 4 atom stereocenters. The first kappa shape index (κ1) is 11.0. The fraction of sp³-hybridized carbons (Fsp3) is 0.500. The topological polar surface area (TPSA) is 66.1 Å². The van der Waals surface area contributed by atoms with Gasteiger partial charge in [-0.2, -0.15) is 0 Å². The normalized spacial score (nSPS) is 35.5. The van der Waals surface area contributed by atoms with Gasteiger partial charge in [0.05, 0.1) is 11.8 Å². The van der Waals surface area contributed by atoms with Crippen molar-refractivity contribution in [1.29, 1.82) is 0 Å². The molecule has 2 heterocycles. The van der Waals surface area contributed by atoms with E-state index in [2.05, 4.69) is 22.1 Å². The zero-order valence-electron chi connectivity index (χ0n) is 10.5. The van der Waals surface area contributed by atoms with Crippen LogP contribution >= 0.6 is 0 Å². The van der Waals surface area contributed by atoms with Gasteiger partial charge in [-0.05, 0) is 18.3 Å². The van der Waals surface area contributed by atoms with E-state index in [1.54, 1.807) is 12.4 Å². The van der Waals surface area contributed by atoms with Crippen LogP contribution in [0.3, 0.4) is 0 Å². The van der Waals surface area contributed by atoms with Gasteiger partial charge in [0.1, 0.15) is 5.82 Å². The summed E-state index contributed by atoms with van der Waals surface area (Å²) in [5.74, 6) is 1.29. The third kappa shape index (κ3) is 1.44. The Bertz CT molecular complexity index is 533. The highest BCUT2D eigenvalue weighted by atomic mass is 16.2. The molecule has 1 saturated carbocycles. The number of fused-ring (bicyclic) bond motifs is 5. The largest absolute Gasteiger partial charge is 0.349 e. The molecule has 0 aromatic carbocycles. The summed E-state index contributed by atoms with van der Waals surface area (Å²) in [7, 11) is 0. The van der Waals surface area contributed by atoms with Crippen LogP contribution in [0.4, 0.5) is 0 Å². The van der Waals surface area contributed by atoms with Crippen molar-refractivity contribution in [3.63, 3.8) is 0 Å². The zero-order chi connectivity index (χ0) is 13.0. The Labute approximate surface area is 110 Å². The second-order valence-electron chi connectivity index (χ2n) is 5.61. The minimum Gasteiger partial charge on any atom is -0.349 e. The Morgan fingerprint density at radius 3 is 2.47 bits per heavy atom. The molecule has 98 valence electrons. The van der Waals surface area contributed by atoms with Gasteiger partial charge in [-0.25, -0.2) is 4.98 Å². The highest BCUT2D eigenvalue weighted by Crippen LogP contribution is 2.52. The monoisotopic (exact) mass is 257 g/mol. The summed E-state index contributed by atoms with van der Waals surface area (Å²) in [5, 5.41) is 0. The van der Waals surface area contributed by atoms with Crippen LogP contribution in [0.15, 0.2) is 24.5 Å². The molecule has 0 spiro atoms. The highest BCUT2D eigenvalue weighted by Gasteiger charge is 2.58. The van der Waals surface area contributed by atoms with E-state index < -0.39 is 0 Å². The number of likely N-dealkylation sites (tertiary alicyclic amines) is 1. The Balaban J connectivity index is 1.52. The summed E-state index contributed by atoms with van der Waals surface area (Å²) < 4.78 is 0. The summed E-state index contributed by atoms with van der Waals surface area (Å²) in [6, 6.07) is 0. The molecule has 0 radical (unpaired) electrons. The van der Waals surface area contributed by atoms with E-state index in [4.69, 9.17) is 0 Å². The molecule has 4 rings (SSSR count). The molecule has 1 N–H and O–H groups in total. The summed E-state index contributed by atoms with van der Waals surface area (Å²) in [6.45, 7) is 0.442. The molecule has 1 aromatic heterocycles. The summed E-state index contributed by atoms with van der Waals surface area (Å²) in [5.41, 5.74) is 0. The van der Waals surface area contributed by atoms with E-state index in [0.717, 1.165) is 12.2 Å². The first-order valence-electron chi connectivity index (χ1n) is 6.77. The molecule has 5 nitrogen and oxygen atoms in total. The van der Waals surface area contributed by atoms with Crippen LogP contribution in [0, 0.1) is 23.7 Å². The predicted molar refractivity (Wildman–Crippen MR) is 66.7 cm³/mol. The van der Waals surface area contributed by atoms with Crippen LogP contribution in [-0.4, -0.2) is 33.2 Å². The Morgan fingerprint density at radius 1 is 1.21 bits per heavy atom. The second-order valence-corrected chi connectivity index (χ2v) is 5.61. The molecule has 1 aromatic rings. The van der Waals surface area contributed by atoms with Crippen molar-refractivity contribution in [3.8, 4) is 0 Å². The molecule has 2 amide bonds. The number of carbonyl (C=O) groups excluding carboxylic acids is 2. The molecular formula is C14H15N3O2. The van der Waals surface area contributed by atoms with Crippen molar-refractivity contribution in [1.82, 2.24) is 14.9 Å². The molecule has 1 saturated heterocycles. The first-order valence-corrected chi connectivity index (χ1v) is 6.77. The fourth-order valence-corrected chi connectivity index (χ4v) is 3.84. The lowest BCUT2D eigenvalue weighted by Gasteiger charge is -2.16. The number of aromatic nitrogens is 2. The molecular weight excluding hydrogens is 242 g/mol. The van der Waals surface area contributed by atoms with Crippen molar-refractivity contribution in [2.45, 2.75) is 12.8 Å². The number of amides is 2. The maximum absolute atomic E-state index is 12.4. The van der Waals surface area contributed by atoms with Gasteiger partial charge in [0.15, 0.2) is 0 Å². The number of H-pyrrole nitrogens is 1. The van der Waals surface area contributed by atoms with Crippen molar-refractivity contribution in [3.05, 3.63) is 30.4 Å². The predicted octanol–water partition coefficient (Wildman–Crippen LogP) is 0.759. The number of imide groups is 1. The number of allylic oxidation sites excluding steroid dienone is 2. The maximum atomic E-state index is 12.4. The van der Waals surface area contributed by atoms with Gasteiger partial charge in [-0.15, -0.1) is 0 Å². The van der Waals surface area contributed by atoms with Gasteiger partial charge < -0.3 is 4.98 Å². The minimum absolute atomic E-state index is 0.0263. The molecule has 2 fully saturated rings. The first-order chi connectivity index (χ1) is 9.25. The number of nitrogens with one attached hydrogen (secondary N) is 1. The van der Waals surface area contributed by atoms with Gasteiger partial charge in [0, 0.05) is 25.4 Å². The average Bonchev–Trinajstić information content (AvgIpc) is 3.14. The van der Waals surface area contributed by atoms with Crippen LogP contribution in [-0.2, 0) is 16.0 Å². The summed E-state index contributed by atoms with van der Waals surface area (Å²) >= 11 is 0. The van der Waals surface area contributed by atoms with E-state index >= 15 is 0 Å². The highest BCUT2D eigenvalue weighted by molar-refractivity contribution is 6.06. The molecule has 2 bridgehead atoms. The smallest absolute Gasteiger partial charge is 0.233 e. The number of rotatable bonds is 3. The molecule has 2 aliphatic carbocycles. The lowest BCUT2D eigenvalue weighted by molar-refractivity contribution is -0.140. The number of nitrogens with zero attached hydrogens (tertiary/aromatic N) is 2. The van der Waals surface area contributed by atoms with Gasteiger partial charge in [-0.3, -0.25) is 14.5 Å². The average molecular weight is 257 g/mol. The van der Waals surface area contributed by atoms with E-state index in [0.29, 0.717) is 24.8 Å². The molecule has 19 heavy (non-hydrogen) atoms. The van der Waals surface area contributed by atoms with Crippen molar-refractivity contribution in [2.75, 3.05) is 6.54 Å². The van der Waals surface area contributed by atoms with Crippen LogP contribution in [0.25, 0.3) is 0 Å². The Hall–Kier alpha value is -1.91. The van der Waals surface area contributed by atoms with Gasteiger partial charge >= 0.3 is 0 Å². The summed E-state index contributed by atoms with van der Waals surface area (Å²) in [4.78, 5) is 33.3. The number of hydrogen-bond acceptors (Lipinski definition) is 3. The number of hydrogen-bond donors (Lipinski definition) is 1. The quantitative estimate of drug-likeness (QED) is 0.642. The van der Waals surface area contributed by atoms with E-state index in [1.807, 2.05) is 0 Å². The molecule has 4 unspecified atom stereocenters. The van der Waals surface area contributed by atoms with E-state index in [9.17, 15) is 9.59 Å². The van der Waals surface area contributed by atoms with Crippen LogP contribution in [0.1, 0.15) is 12.2 Å². The van der Waals surface area contributed by atoms with Gasteiger partial charge in [0.2, 0.25) is 11.8 Å². The molecule has 3 aliphatic rings. The number of aromatic amines is 1. The second kappa shape index (κ2) is 3.79. The Morgan fingerprint density at radius 2 is 1.89 bits per heavy atom. The fourth-order valence-electron chi connectivity index (χ4n) is 3.84. The zero-order valence-corrected chi connectivity index (χ0v) is 10.5. The maximum Gasteiger partial charge on any atom is 0.233 e. The SMILES string of the molecule is O=C1C2C3C=CC(C3)C2C(=O)N1CCc1ncc[nH]1.